The highest BCUT2D eigenvalue weighted by atomic mass is 16.2. The van der Waals surface area contributed by atoms with Gasteiger partial charge in [0.2, 0.25) is 5.43 Å². The molecule has 22 heavy (non-hydrogen) atoms. The Hall–Kier alpha value is -2.96. The molecule has 1 amide bonds. The third kappa shape index (κ3) is 2.60. The van der Waals surface area contributed by atoms with Gasteiger partial charge in [0.1, 0.15) is 0 Å². The van der Waals surface area contributed by atoms with Crippen LogP contribution in [0.15, 0.2) is 47.5 Å². The van der Waals surface area contributed by atoms with Crippen LogP contribution < -0.4 is 10.7 Å². The Morgan fingerprint density at radius 3 is 2.86 bits per heavy atom. The van der Waals surface area contributed by atoms with Crippen LogP contribution >= 0.6 is 0 Å². The summed E-state index contributed by atoms with van der Waals surface area (Å²) >= 11 is 0. The summed E-state index contributed by atoms with van der Waals surface area (Å²) in [5.74, 6) is -0.474. The van der Waals surface area contributed by atoms with E-state index in [9.17, 15) is 9.59 Å². The summed E-state index contributed by atoms with van der Waals surface area (Å²) in [6.07, 6.45) is 3.47. The van der Waals surface area contributed by atoms with E-state index in [1.54, 1.807) is 47.0 Å². The van der Waals surface area contributed by atoms with Gasteiger partial charge in [-0.3, -0.25) is 19.0 Å². The van der Waals surface area contributed by atoms with E-state index in [-0.39, 0.29) is 11.1 Å². The first kappa shape index (κ1) is 14.0. The monoisotopic (exact) mass is 297 g/mol. The third-order valence-corrected chi connectivity index (χ3v) is 3.36. The van der Waals surface area contributed by atoms with Gasteiger partial charge in [0.15, 0.2) is 5.69 Å². The van der Waals surface area contributed by atoms with Gasteiger partial charge in [-0.1, -0.05) is 12.1 Å². The van der Waals surface area contributed by atoms with E-state index in [1.807, 2.05) is 12.1 Å². The number of hydrogen-bond donors (Lipinski definition) is 1. The molecular formula is C15H15N5O2. The predicted octanol–water partition coefficient (Wildman–Crippen LogP) is 0.560. The molecule has 0 fully saturated rings. The number of carbonyl (C=O) groups excluding carboxylic acids is 1. The number of benzene rings is 1. The molecule has 7 heteroatoms. The van der Waals surface area contributed by atoms with Crippen molar-refractivity contribution < 1.29 is 4.79 Å². The lowest BCUT2D eigenvalue weighted by molar-refractivity contribution is 0.0944. The van der Waals surface area contributed by atoms with Crippen molar-refractivity contribution in [2.75, 3.05) is 6.54 Å². The fraction of sp³-hybridized carbons (Fsp3) is 0.200. The topological polar surface area (TPSA) is 81.8 Å². The Morgan fingerprint density at radius 2 is 2.09 bits per heavy atom. The molecule has 112 valence electrons. The van der Waals surface area contributed by atoms with Crippen molar-refractivity contribution in [3.63, 3.8) is 0 Å². The third-order valence-electron chi connectivity index (χ3n) is 3.36. The molecule has 0 atom stereocenters. The van der Waals surface area contributed by atoms with Crippen LogP contribution in [0.4, 0.5) is 0 Å². The number of amides is 1. The number of rotatable bonds is 4. The maximum Gasteiger partial charge on any atom is 0.275 e. The summed E-state index contributed by atoms with van der Waals surface area (Å²) in [6, 6.07) is 8.89. The fourth-order valence-corrected chi connectivity index (χ4v) is 2.27. The van der Waals surface area contributed by atoms with Gasteiger partial charge >= 0.3 is 0 Å². The van der Waals surface area contributed by atoms with Crippen LogP contribution in [0.1, 0.15) is 10.5 Å². The molecule has 2 heterocycles. The SMILES string of the molecule is Cn1nc(C(=O)NCCn2cccn2)c(=O)c2ccccc21. The highest BCUT2D eigenvalue weighted by Gasteiger charge is 2.15. The summed E-state index contributed by atoms with van der Waals surface area (Å²) in [7, 11) is 1.71. The fourth-order valence-electron chi connectivity index (χ4n) is 2.27. The van der Waals surface area contributed by atoms with Crippen LogP contribution in [0.3, 0.4) is 0 Å². The van der Waals surface area contributed by atoms with Crippen molar-refractivity contribution in [3.05, 3.63) is 58.6 Å². The van der Waals surface area contributed by atoms with E-state index < -0.39 is 5.91 Å². The Bertz CT molecular complexity index is 867. The smallest absolute Gasteiger partial charge is 0.275 e. The molecule has 0 radical (unpaired) electrons. The summed E-state index contributed by atoms with van der Waals surface area (Å²) in [5.41, 5.74) is 0.243. The van der Waals surface area contributed by atoms with Crippen LogP contribution in [-0.4, -0.2) is 32.0 Å². The number of aromatic nitrogens is 4. The van der Waals surface area contributed by atoms with Gasteiger partial charge < -0.3 is 5.32 Å². The molecule has 2 aromatic heterocycles. The molecule has 0 aliphatic carbocycles. The zero-order valence-electron chi connectivity index (χ0n) is 12.1. The van der Waals surface area contributed by atoms with Crippen molar-refractivity contribution in [3.8, 4) is 0 Å². The minimum Gasteiger partial charge on any atom is -0.349 e. The highest BCUT2D eigenvalue weighted by Crippen LogP contribution is 2.07. The van der Waals surface area contributed by atoms with Crippen molar-refractivity contribution in [2.24, 2.45) is 7.05 Å². The number of aryl methyl sites for hydroxylation is 1. The Kier molecular flexibility index (Phi) is 3.69. The van der Waals surface area contributed by atoms with Crippen molar-refractivity contribution in [1.82, 2.24) is 24.9 Å². The standard InChI is InChI=1S/C15H15N5O2/c1-19-12-6-3-2-5-11(12)14(21)13(18-19)15(22)16-8-10-20-9-4-7-17-20/h2-7,9H,8,10H2,1H3,(H,16,22). The number of carbonyl (C=O) groups is 1. The van der Waals surface area contributed by atoms with Gasteiger partial charge in [-0.15, -0.1) is 0 Å². The maximum atomic E-state index is 12.4. The van der Waals surface area contributed by atoms with E-state index in [4.69, 9.17) is 0 Å². The maximum absolute atomic E-state index is 12.4. The number of hydrogen-bond acceptors (Lipinski definition) is 4. The van der Waals surface area contributed by atoms with E-state index in [2.05, 4.69) is 15.5 Å². The molecule has 3 aromatic rings. The minimum absolute atomic E-state index is 0.0957. The lowest BCUT2D eigenvalue weighted by atomic mass is 10.2. The zero-order chi connectivity index (χ0) is 15.5. The molecule has 0 aliphatic rings. The molecule has 3 rings (SSSR count). The lowest BCUT2D eigenvalue weighted by Crippen LogP contribution is -2.33. The average Bonchev–Trinajstić information content (AvgIpc) is 3.04. The van der Waals surface area contributed by atoms with E-state index in [0.29, 0.717) is 24.0 Å². The first-order chi connectivity index (χ1) is 10.7. The van der Waals surface area contributed by atoms with Gasteiger partial charge in [-0.25, -0.2) is 0 Å². The van der Waals surface area contributed by atoms with Crippen molar-refractivity contribution in [1.29, 1.82) is 0 Å². The minimum atomic E-state index is -0.474. The van der Waals surface area contributed by atoms with E-state index in [1.165, 1.54) is 0 Å². The first-order valence-corrected chi connectivity index (χ1v) is 6.88. The van der Waals surface area contributed by atoms with E-state index in [0.717, 1.165) is 0 Å². The molecule has 0 bridgehead atoms. The molecule has 1 aromatic carbocycles. The van der Waals surface area contributed by atoms with E-state index >= 15 is 0 Å². The lowest BCUT2D eigenvalue weighted by Gasteiger charge is -2.08. The summed E-state index contributed by atoms with van der Waals surface area (Å²) < 4.78 is 3.24. The van der Waals surface area contributed by atoms with Crippen LogP contribution in [0, 0.1) is 0 Å². The van der Waals surface area contributed by atoms with Crippen molar-refractivity contribution in [2.45, 2.75) is 6.54 Å². The Balaban J connectivity index is 1.82. The van der Waals surface area contributed by atoms with Gasteiger partial charge in [0.05, 0.1) is 12.1 Å². The molecule has 0 saturated heterocycles. The summed E-state index contributed by atoms with van der Waals surface area (Å²) in [5, 5.41) is 11.3. The number of fused-ring (bicyclic) bond motifs is 1. The number of para-hydroxylation sites is 1. The molecule has 0 saturated carbocycles. The normalized spacial score (nSPS) is 10.8. The molecule has 0 aliphatic heterocycles. The van der Waals surface area contributed by atoms with Crippen molar-refractivity contribution >= 4 is 16.8 Å². The van der Waals surface area contributed by atoms with Crippen LogP contribution in [-0.2, 0) is 13.6 Å². The Morgan fingerprint density at radius 1 is 1.27 bits per heavy atom. The second-order valence-electron chi connectivity index (χ2n) is 4.84. The van der Waals surface area contributed by atoms with Gasteiger partial charge in [-0.05, 0) is 18.2 Å². The molecule has 0 unspecified atom stereocenters. The molecule has 7 nitrogen and oxygen atoms in total. The van der Waals surface area contributed by atoms with Gasteiger partial charge in [0, 0.05) is 31.4 Å². The predicted molar refractivity (Wildman–Crippen MR) is 81.5 cm³/mol. The quantitative estimate of drug-likeness (QED) is 0.763. The van der Waals surface area contributed by atoms with Gasteiger partial charge in [0.25, 0.3) is 5.91 Å². The second-order valence-corrected chi connectivity index (χ2v) is 4.84. The van der Waals surface area contributed by atoms with Crippen LogP contribution in [0.5, 0.6) is 0 Å². The molecule has 0 spiro atoms. The Labute approximate surface area is 126 Å². The molecule has 1 N–H and O–H groups in total. The summed E-state index contributed by atoms with van der Waals surface area (Å²) in [4.78, 5) is 24.5. The number of nitrogens with zero attached hydrogens (tertiary/aromatic N) is 4. The largest absolute Gasteiger partial charge is 0.349 e. The number of nitrogens with one attached hydrogen (secondary N) is 1. The first-order valence-electron chi connectivity index (χ1n) is 6.88. The average molecular weight is 297 g/mol. The van der Waals surface area contributed by atoms with Crippen LogP contribution in [0.2, 0.25) is 0 Å². The van der Waals surface area contributed by atoms with Crippen LogP contribution in [0.25, 0.3) is 10.9 Å². The second kappa shape index (κ2) is 5.80. The summed E-state index contributed by atoms with van der Waals surface area (Å²) in [6.45, 7) is 0.908. The highest BCUT2D eigenvalue weighted by molar-refractivity contribution is 5.95. The zero-order valence-corrected chi connectivity index (χ0v) is 12.1. The molecular weight excluding hydrogens is 282 g/mol. The van der Waals surface area contributed by atoms with Gasteiger partial charge in [-0.2, -0.15) is 10.2 Å².